The van der Waals surface area contributed by atoms with Gasteiger partial charge in [0, 0.05) is 24.7 Å². The summed E-state index contributed by atoms with van der Waals surface area (Å²) in [5, 5.41) is 7.58. The molecule has 0 aromatic heterocycles. The Labute approximate surface area is 195 Å². The van der Waals surface area contributed by atoms with E-state index < -0.39 is 41.4 Å². The molecule has 1 aliphatic heterocycles. The number of benzene rings is 2. The molecular weight excluding hydrogens is 446 g/mol. The highest BCUT2D eigenvalue weighted by Gasteiger charge is 2.39. The van der Waals surface area contributed by atoms with Gasteiger partial charge in [-0.25, -0.2) is 13.8 Å². The molecule has 8 nitrogen and oxygen atoms in total. The summed E-state index contributed by atoms with van der Waals surface area (Å²) in [4.78, 5) is 51.5. The number of hydrogen-bond acceptors (Lipinski definition) is 4. The van der Waals surface area contributed by atoms with Gasteiger partial charge in [-0.1, -0.05) is 18.2 Å². The van der Waals surface area contributed by atoms with Crippen LogP contribution in [-0.4, -0.2) is 52.8 Å². The molecule has 1 heterocycles. The van der Waals surface area contributed by atoms with Gasteiger partial charge in [-0.05, 0) is 50.1 Å². The molecule has 1 unspecified atom stereocenters. The van der Waals surface area contributed by atoms with E-state index in [2.05, 4.69) is 10.6 Å². The van der Waals surface area contributed by atoms with Gasteiger partial charge < -0.3 is 10.6 Å². The number of halogens is 2. The quantitative estimate of drug-likeness (QED) is 0.673. The second kappa shape index (κ2) is 9.98. The lowest BCUT2D eigenvalue weighted by molar-refractivity contribution is -0.147. The van der Waals surface area contributed by atoms with Gasteiger partial charge in [0.1, 0.15) is 23.7 Å². The van der Waals surface area contributed by atoms with E-state index in [1.54, 1.807) is 38.1 Å². The van der Waals surface area contributed by atoms with Crippen molar-refractivity contribution in [2.24, 2.45) is 0 Å². The van der Waals surface area contributed by atoms with Gasteiger partial charge in [-0.15, -0.1) is 0 Å². The normalized spacial score (nSPS) is 16.7. The van der Waals surface area contributed by atoms with Crippen molar-refractivity contribution in [1.82, 2.24) is 20.7 Å². The summed E-state index contributed by atoms with van der Waals surface area (Å²) < 4.78 is 26.7. The SMILES string of the molecule is CC(C)N1C(=O)c2ccccc2C(NC(=O)[C@H](C)NC(=O)Cc2cc(F)cc(F)c2)C(=O)N1C. The molecule has 3 rings (SSSR count). The Kier molecular flexibility index (Phi) is 7.29. The third-order valence-corrected chi connectivity index (χ3v) is 5.43. The monoisotopic (exact) mass is 472 g/mol. The molecule has 2 aromatic carbocycles. The molecule has 1 aliphatic rings. The molecule has 2 atom stereocenters. The van der Waals surface area contributed by atoms with Crippen molar-refractivity contribution in [1.29, 1.82) is 0 Å². The average molecular weight is 472 g/mol. The van der Waals surface area contributed by atoms with Crippen molar-refractivity contribution in [3.8, 4) is 0 Å². The van der Waals surface area contributed by atoms with Crippen LogP contribution >= 0.6 is 0 Å². The number of carbonyl (C=O) groups excluding carboxylic acids is 4. The van der Waals surface area contributed by atoms with Crippen molar-refractivity contribution >= 4 is 23.6 Å². The Morgan fingerprint density at radius 1 is 1.03 bits per heavy atom. The van der Waals surface area contributed by atoms with E-state index in [1.807, 2.05) is 0 Å². The molecule has 0 saturated heterocycles. The fourth-order valence-corrected chi connectivity index (χ4v) is 3.87. The largest absolute Gasteiger partial charge is 0.344 e. The summed E-state index contributed by atoms with van der Waals surface area (Å²) in [7, 11) is 1.45. The molecule has 180 valence electrons. The average Bonchev–Trinajstić information content (AvgIpc) is 2.82. The number of carbonyl (C=O) groups is 4. The van der Waals surface area contributed by atoms with E-state index in [4.69, 9.17) is 0 Å². The fourth-order valence-electron chi connectivity index (χ4n) is 3.87. The number of likely N-dealkylation sites (N-methyl/N-ethyl adjacent to an activating group) is 1. The highest BCUT2D eigenvalue weighted by Crippen LogP contribution is 2.27. The molecule has 0 spiro atoms. The molecule has 0 aliphatic carbocycles. The molecule has 4 amide bonds. The van der Waals surface area contributed by atoms with Crippen LogP contribution in [0.15, 0.2) is 42.5 Å². The molecule has 0 radical (unpaired) electrons. The molecule has 34 heavy (non-hydrogen) atoms. The molecule has 2 aromatic rings. The lowest BCUT2D eigenvalue weighted by Gasteiger charge is -2.34. The van der Waals surface area contributed by atoms with Crippen molar-refractivity contribution in [3.63, 3.8) is 0 Å². The Bertz CT molecular complexity index is 1120. The van der Waals surface area contributed by atoms with E-state index in [-0.39, 0.29) is 29.5 Å². The van der Waals surface area contributed by atoms with Crippen LogP contribution in [0.5, 0.6) is 0 Å². The van der Waals surface area contributed by atoms with Crippen LogP contribution in [0.1, 0.15) is 48.3 Å². The van der Waals surface area contributed by atoms with Crippen LogP contribution < -0.4 is 10.6 Å². The molecule has 0 bridgehead atoms. The minimum atomic E-state index is -1.15. The van der Waals surface area contributed by atoms with Gasteiger partial charge >= 0.3 is 0 Å². The number of rotatable bonds is 6. The van der Waals surface area contributed by atoms with Crippen LogP contribution in [0.4, 0.5) is 8.78 Å². The standard InChI is InChI=1S/C24H26F2N4O4/c1-13(2)30-23(33)19-8-6-5-7-18(19)21(24(34)29(30)4)28-22(32)14(3)27-20(31)11-15-9-16(25)12-17(26)10-15/h5-10,12-14,21H,11H2,1-4H3,(H,27,31)(H,28,32)/t14-,21?/m0/s1. The van der Waals surface area contributed by atoms with E-state index in [9.17, 15) is 28.0 Å². The highest BCUT2D eigenvalue weighted by atomic mass is 19.1. The molecule has 0 fully saturated rings. The highest BCUT2D eigenvalue weighted by molar-refractivity contribution is 6.02. The summed E-state index contributed by atoms with van der Waals surface area (Å²) in [6, 6.07) is 6.74. The smallest absolute Gasteiger partial charge is 0.273 e. The minimum Gasteiger partial charge on any atom is -0.344 e. The maximum absolute atomic E-state index is 13.4. The van der Waals surface area contributed by atoms with Gasteiger partial charge in [-0.3, -0.25) is 24.2 Å². The molecule has 10 heteroatoms. The van der Waals surface area contributed by atoms with Crippen molar-refractivity contribution in [3.05, 3.63) is 70.8 Å². The van der Waals surface area contributed by atoms with Gasteiger partial charge in [-0.2, -0.15) is 0 Å². The van der Waals surface area contributed by atoms with Crippen LogP contribution in [0, 0.1) is 11.6 Å². The molecular formula is C24H26F2N4O4. The lowest BCUT2D eigenvalue weighted by Crippen LogP contribution is -2.53. The maximum Gasteiger partial charge on any atom is 0.273 e. The first-order valence-corrected chi connectivity index (χ1v) is 10.7. The zero-order valence-electron chi connectivity index (χ0n) is 19.3. The first kappa shape index (κ1) is 24.8. The number of hydrazine groups is 1. The van der Waals surface area contributed by atoms with Gasteiger partial charge in [0.25, 0.3) is 11.8 Å². The van der Waals surface area contributed by atoms with Crippen LogP contribution in [0.3, 0.4) is 0 Å². The van der Waals surface area contributed by atoms with Crippen LogP contribution in [0.25, 0.3) is 0 Å². The van der Waals surface area contributed by atoms with Crippen molar-refractivity contribution in [2.75, 3.05) is 7.05 Å². The second-order valence-corrected chi connectivity index (χ2v) is 8.38. The van der Waals surface area contributed by atoms with Gasteiger partial charge in [0.15, 0.2) is 0 Å². The molecule has 2 N–H and O–H groups in total. The lowest BCUT2D eigenvalue weighted by atomic mass is 9.99. The predicted molar refractivity (Wildman–Crippen MR) is 119 cm³/mol. The Morgan fingerprint density at radius 3 is 2.26 bits per heavy atom. The summed E-state index contributed by atoms with van der Waals surface area (Å²) in [5.74, 6) is -3.80. The number of nitrogens with zero attached hydrogens (tertiary/aromatic N) is 2. The number of nitrogens with one attached hydrogen (secondary N) is 2. The van der Waals surface area contributed by atoms with Crippen molar-refractivity contribution in [2.45, 2.75) is 45.3 Å². The van der Waals surface area contributed by atoms with E-state index in [1.165, 1.54) is 24.0 Å². The minimum absolute atomic E-state index is 0.115. The topological polar surface area (TPSA) is 98.8 Å². The van der Waals surface area contributed by atoms with Crippen LogP contribution in [-0.2, 0) is 20.8 Å². The summed E-state index contributed by atoms with van der Waals surface area (Å²) in [6.45, 7) is 4.96. The maximum atomic E-state index is 13.4. The zero-order chi connectivity index (χ0) is 25.2. The van der Waals surface area contributed by atoms with E-state index in [0.717, 1.165) is 12.1 Å². The first-order valence-electron chi connectivity index (χ1n) is 10.7. The third-order valence-electron chi connectivity index (χ3n) is 5.43. The van der Waals surface area contributed by atoms with Crippen molar-refractivity contribution < 1.29 is 28.0 Å². The first-order chi connectivity index (χ1) is 16.0. The summed E-state index contributed by atoms with van der Waals surface area (Å²) in [5.41, 5.74) is 0.739. The van der Waals surface area contributed by atoms with Gasteiger partial charge in [0.05, 0.1) is 6.42 Å². The Morgan fingerprint density at radius 2 is 1.65 bits per heavy atom. The Balaban J connectivity index is 1.77. The predicted octanol–water partition coefficient (Wildman–Crippen LogP) is 2.11. The molecule has 0 saturated carbocycles. The second-order valence-electron chi connectivity index (χ2n) is 8.38. The van der Waals surface area contributed by atoms with E-state index in [0.29, 0.717) is 11.6 Å². The number of fused-ring (bicyclic) bond motifs is 1. The van der Waals surface area contributed by atoms with E-state index >= 15 is 0 Å². The van der Waals surface area contributed by atoms with Gasteiger partial charge in [0.2, 0.25) is 11.8 Å². The van der Waals surface area contributed by atoms with Crippen LogP contribution in [0.2, 0.25) is 0 Å². The summed E-state index contributed by atoms with van der Waals surface area (Å²) in [6.07, 6.45) is -0.335. The fraction of sp³-hybridized carbons (Fsp3) is 0.333. The zero-order valence-corrected chi connectivity index (χ0v) is 19.3. The third kappa shape index (κ3) is 5.22. The number of amides is 4. The Hall–Kier alpha value is -3.82. The summed E-state index contributed by atoms with van der Waals surface area (Å²) >= 11 is 0. The number of hydrogen-bond donors (Lipinski definition) is 2.